The van der Waals surface area contributed by atoms with E-state index in [1.807, 2.05) is 4.90 Å². The van der Waals surface area contributed by atoms with Crippen LogP contribution in [0.3, 0.4) is 0 Å². The second-order valence-electron chi connectivity index (χ2n) is 8.24. The van der Waals surface area contributed by atoms with E-state index in [0.29, 0.717) is 11.6 Å². The zero-order chi connectivity index (χ0) is 20.3. The fourth-order valence-corrected chi connectivity index (χ4v) is 4.66. The molecule has 8 heteroatoms. The lowest BCUT2D eigenvalue weighted by Crippen LogP contribution is -2.36. The van der Waals surface area contributed by atoms with Crippen LogP contribution < -0.4 is 4.90 Å². The SMILES string of the molecule is CCN(CCC1CCN(c2ccc(S(C)(=O)=O)cc2[N+](=O)[O-])CC1)CC1CC1. The van der Waals surface area contributed by atoms with Crippen LogP contribution in [0.15, 0.2) is 23.1 Å². The Balaban J connectivity index is 1.58. The van der Waals surface area contributed by atoms with Gasteiger partial charge >= 0.3 is 0 Å². The van der Waals surface area contributed by atoms with E-state index in [-0.39, 0.29) is 10.6 Å². The van der Waals surface area contributed by atoms with Crippen molar-refractivity contribution in [3.63, 3.8) is 0 Å². The number of hydrogen-bond acceptors (Lipinski definition) is 6. The Morgan fingerprint density at radius 3 is 2.39 bits per heavy atom. The van der Waals surface area contributed by atoms with Crippen LogP contribution in [0.2, 0.25) is 0 Å². The topological polar surface area (TPSA) is 83.8 Å². The molecule has 0 radical (unpaired) electrons. The molecule has 0 unspecified atom stereocenters. The highest BCUT2D eigenvalue weighted by molar-refractivity contribution is 7.90. The van der Waals surface area contributed by atoms with E-state index in [0.717, 1.165) is 51.2 Å². The number of nitro groups is 1. The van der Waals surface area contributed by atoms with Crippen LogP contribution in [0.4, 0.5) is 11.4 Å². The molecule has 28 heavy (non-hydrogen) atoms. The summed E-state index contributed by atoms with van der Waals surface area (Å²) in [6.07, 6.45) is 7.05. The van der Waals surface area contributed by atoms with Crippen LogP contribution in [0.25, 0.3) is 0 Å². The van der Waals surface area contributed by atoms with Gasteiger partial charge in [-0.15, -0.1) is 0 Å². The Labute approximate surface area is 167 Å². The van der Waals surface area contributed by atoms with Crippen LogP contribution >= 0.6 is 0 Å². The van der Waals surface area contributed by atoms with Crippen LogP contribution in [0.1, 0.15) is 39.0 Å². The summed E-state index contributed by atoms with van der Waals surface area (Å²) >= 11 is 0. The summed E-state index contributed by atoms with van der Waals surface area (Å²) in [7, 11) is -3.47. The predicted octanol–water partition coefficient (Wildman–Crippen LogP) is 3.34. The Morgan fingerprint density at radius 2 is 1.86 bits per heavy atom. The van der Waals surface area contributed by atoms with E-state index >= 15 is 0 Å². The summed E-state index contributed by atoms with van der Waals surface area (Å²) in [4.78, 5) is 15.6. The summed E-state index contributed by atoms with van der Waals surface area (Å²) in [6.45, 7) is 7.25. The van der Waals surface area contributed by atoms with Crippen molar-refractivity contribution >= 4 is 21.2 Å². The summed E-state index contributed by atoms with van der Waals surface area (Å²) in [5.74, 6) is 1.57. The predicted molar refractivity (Wildman–Crippen MR) is 111 cm³/mol. The lowest BCUT2D eigenvalue weighted by atomic mass is 9.93. The van der Waals surface area contributed by atoms with Crippen molar-refractivity contribution in [1.82, 2.24) is 4.90 Å². The van der Waals surface area contributed by atoms with Gasteiger partial charge < -0.3 is 9.80 Å². The number of rotatable bonds is 9. The first-order valence-corrected chi connectivity index (χ1v) is 12.1. The molecule has 7 nitrogen and oxygen atoms in total. The molecular weight excluding hydrogens is 378 g/mol. The van der Waals surface area contributed by atoms with Gasteiger partial charge in [-0.3, -0.25) is 10.1 Å². The fraction of sp³-hybridized carbons (Fsp3) is 0.700. The van der Waals surface area contributed by atoms with Gasteiger partial charge in [0.05, 0.1) is 9.82 Å². The molecule has 1 aromatic carbocycles. The normalized spacial score (nSPS) is 18.6. The summed E-state index contributed by atoms with van der Waals surface area (Å²) < 4.78 is 23.4. The van der Waals surface area contributed by atoms with E-state index in [4.69, 9.17) is 0 Å². The smallest absolute Gasteiger partial charge is 0.293 e. The monoisotopic (exact) mass is 409 g/mol. The minimum Gasteiger partial charge on any atom is -0.366 e. The van der Waals surface area contributed by atoms with Crippen molar-refractivity contribution in [2.75, 3.05) is 43.9 Å². The maximum Gasteiger partial charge on any atom is 0.293 e. The molecule has 1 saturated heterocycles. The van der Waals surface area contributed by atoms with E-state index < -0.39 is 14.8 Å². The van der Waals surface area contributed by atoms with Crippen LogP contribution in [0, 0.1) is 22.0 Å². The number of benzene rings is 1. The Bertz CT molecular complexity index is 800. The number of hydrogen-bond donors (Lipinski definition) is 0. The molecule has 1 aliphatic carbocycles. The van der Waals surface area contributed by atoms with Crippen molar-refractivity contribution in [2.24, 2.45) is 11.8 Å². The largest absolute Gasteiger partial charge is 0.366 e. The molecule has 1 aromatic rings. The number of nitro benzene ring substituents is 1. The molecule has 0 bridgehead atoms. The average molecular weight is 410 g/mol. The first kappa shape index (κ1) is 21.0. The highest BCUT2D eigenvalue weighted by Gasteiger charge is 2.27. The highest BCUT2D eigenvalue weighted by atomic mass is 32.2. The van der Waals surface area contributed by atoms with Crippen LogP contribution in [0.5, 0.6) is 0 Å². The molecule has 1 saturated carbocycles. The van der Waals surface area contributed by atoms with Crippen molar-refractivity contribution in [3.8, 4) is 0 Å². The third-order valence-corrected chi connectivity index (χ3v) is 7.15. The van der Waals surface area contributed by atoms with Gasteiger partial charge in [0.15, 0.2) is 9.84 Å². The van der Waals surface area contributed by atoms with E-state index in [2.05, 4.69) is 11.8 Å². The average Bonchev–Trinajstić information content (AvgIpc) is 3.48. The van der Waals surface area contributed by atoms with Gasteiger partial charge in [0.2, 0.25) is 0 Å². The first-order chi connectivity index (χ1) is 13.3. The van der Waals surface area contributed by atoms with E-state index in [1.165, 1.54) is 37.9 Å². The minimum atomic E-state index is -3.47. The second-order valence-corrected chi connectivity index (χ2v) is 10.3. The third-order valence-electron chi connectivity index (χ3n) is 6.04. The Hall–Kier alpha value is -1.67. The maximum absolute atomic E-state index is 11.7. The van der Waals surface area contributed by atoms with Crippen molar-refractivity contribution in [2.45, 2.75) is 43.9 Å². The van der Waals surface area contributed by atoms with Gasteiger partial charge in [0.25, 0.3) is 5.69 Å². The molecule has 2 aliphatic rings. The number of piperidine rings is 1. The minimum absolute atomic E-state index is 0.00634. The van der Waals surface area contributed by atoms with Gasteiger partial charge in [-0.25, -0.2) is 8.42 Å². The molecular formula is C20H31N3O4S. The molecule has 3 rings (SSSR count). The molecule has 0 aromatic heterocycles. The fourth-order valence-electron chi connectivity index (χ4n) is 4.02. The third kappa shape index (κ3) is 5.44. The number of anilines is 1. The summed E-state index contributed by atoms with van der Waals surface area (Å²) in [6, 6.07) is 4.25. The summed E-state index contributed by atoms with van der Waals surface area (Å²) in [5.41, 5.74) is 0.405. The summed E-state index contributed by atoms with van der Waals surface area (Å²) in [5, 5.41) is 11.5. The van der Waals surface area contributed by atoms with Crippen LogP contribution in [-0.2, 0) is 9.84 Å². The molecule has 0 spiro atoms. The Kier molecular flexibility index (Phi) is 6.60. The molecule has 2 fully saturated rings. The van der Waals surface area contributed by atoms with E-state index in [1.54, 1.807) is 6.07 Å². The highest BCUT2D eigenvalue weighted by Crippen LogP contribution is 2.34. The second kappa shape index (κ2) is 8.78. The van der Waals surface area contributed by atoms with Crippen molar-refractivity contribution < 1.29 is 13.3 Å². The van der Waals surface area contributed by atoms with Crippen LogP contribution in [-0.4, -0.2) is 57.2 Å². The zero-order valence-electron chi connectivity index (χ0n) is 16.8. The van der Waals surface area contributed by atoms with Crippen molar-refractivity contribution in [1.29, 1.82) is 0 Å². The molecule has 0 atom stereocenters. The number of sulfone groups is 1. The van der Waals surface area contributed by atoms with Gasteiger partial charge in [0, 0.05) is 32.0 Å². The number of nitrogens with zero attached hydrogens (tertiary/aromatic N) is 3. The zero-order valence-corrected chi connectivity index (χ0v) is 17.7. The van der Waals surface area contributed by atoms with Gasteiger partial charge in [-0.05, 0) is 69.2 Å². The Morgan fingerprint density at radius 1 is 1.18 bits per heavy atom. The van der Waals surface area contributed by atoms with Gasteiger partial charge in [0.1, 0.15) is 5.69 Å². The maximum atomic E-state index is 11.7. The molecule has 0 N–H and O–H groups in total. The lowest BCUT2D eigenvalue weighted by Gasteiger charge is -2.34. The van der Waals surface area contributed by atoms with Gasteiger partial charge in [-0.1, -0.05) is 6.92 Å². The first-order valence-electron chi connectivity index (χ1n) is 10.2. The van der Waals surface area contributed by atoms with Gasteiger partial charge in [-0.2, -0.15) is 0 Å². The lowest BCUT2D eigenvalue weighted by molar-refractivity contribution is -0.384. The molecule has 1 aliphatic heterocycles. The molecule has 156 valence electrons. The molecule has 1 heterocycles. The van der Waals surface area contributed by atoms with E-state index in [9.17, 15) is 18.5 Å². The molecule has 0 amide bonds. The van der Waals surface area contributed by atoms with Crippen molar-refractivity contribution in [3.05, 3.63) is 28.3 Å². The standard InChI is InChI=1S/C20H31N3O4S/c1-3-21(15-17-4-5-17)11-8-16-9-12-22(13-10-16)19-7-6-18(28(2,26)27)14-20(19)23(24)25/h6-7,14,16-17H,3-5,8-13,15H2,1-2H3. The quantitative estimate of drug-likeness (QED) is 0.459.